The number of amides is 1. The van der Waals surface area contributed by atoms with Crippen molar-refractivity contribution in [1.29, 1.82) is 0 Å². The average Bonchev–Trinajstić information content (AvgIpc) is 2.77. The molecule has 0 aliphatic heterocycles. The van der Waals surface area contributed by atoms with Crippen LogP contribution in [0.1, 0.15) is 33.2 Å². The van der Waals surface area contributed by atoms with E-state index in [-0.39, 0.29) is 29.7 Å². The molecule has 31 heavy (non-hydrogen) atoms. The Morgan fingerprint density at radius 2 is 1.58 bits per heavy atom. The van der Waals surface area contributed by atoms with Gasteiger partial charge in [-0.2, -0.15) is 0 Å². The summed E-state index contributed by atoms with van der Waals surface area (Å²) in [6.45, 7) is 1.09. The molecule has 7 heteroatoms. The van der Waals surface area contributed by atoms with Crippen molar-refractivity contribution in [2.75, 3.05) is 11.9 Å². The van der Waals surface area contributed by atoms with Crippen molar-refractivity contribution in [3.8, 4) is 5.75 Å². The van der Waals surface area contributed by atoms with Crippen molar-refractivity contribution in [3.05, 3.63) is 95.3 Å². The largest absolute Gasteiger partial charge is 0.488 e. The Morgan fingerprint density at radius 3 is 2.26 bits per heavy atom. The van der Waals surface area contributed by atoms with E-state index in [0.717, 1.165) is 5.56 Å². The third-order valence-corrected chi connectivity index (χ3v) is 4.28. The van der Waals surface area contributed by atoms with Crippen molar-refractivity contribution >= 4 is 23.3 Å². The van der Waals surface area contributed by atoms with Gasteiger partial charge in [0.25, 0.3) is 0 Å². The number of hydrogen-bond donors (Lipinski definition) is 1. The Bertz CT molecular complexity index is 1080. The highest BCUT2D eigenvalue weighted by atomic mass is 19.1. The number of nitrogens with one attached hydrogen (secondary N) is 1. The molecule has 3 aromatic carbocycles. The van der Waals surface area contributed by atoms with Gasteiger partial charge in [-0.05, 0) is 54.1 Å². The minimum Gasteiger partial charge on any atom is -0.488 e. The minimum absolute atomic E-state index is 0.143. The molecule has 3 aromatic rings. The molecular weight excluding hydrogens is 401 g/mol. The van der Waals surface area contributed by atoms with Gasteiger partial charge in [-0.3, -0.25) is 9.59 Å². The summed E-state index contributed by atoms with van der Waals surface area (Å²) in [7, 11) is 0. The first-order valence-electron chi connectivity index (χ1n) is 9.46. The lowest BCUT2D eigenvalue weighted by Gasteiger charge is -2.11. The summed E-state index contributed by atoms with van der Waals surface area (Å²) in [4.78, 5) is 35.8. The number of carbonyl (C=O) groups is 3. The monoisotopic (exact) mass is 421 g/mol. The van der Waals surface area contributed by atoms with Gasteiger partial charge < -0.3 is 14.8 Å². The highest BCUT2D eigenvalue weighted by molar-refractivity contribution is 6.00. The number of anilines is 1. The third kappa shape index (κ3) is 6.24. The van der Waals surface area contributed by atoms with E-state index in [1.807, 2.05) is 0 Å². The highest BCUT2D eigenvalue weighted by Gasteiger charge is 2.16. The molecule has 0 radical (unpaired) electrons. The van der Waals surface area contributed by atoms with E-state index >= 15 is 0 Å². The number of Topliss-reactive ketones (excluding diaryl/α,β-unsaturated/α-hetero) is 1. The first-order chi connectivity index (χ1) is 14.9. The summed E-state index contributed by atoms with van der Waals surface area (Å²) < 4.78 is 23.9. The predicted molar refractivity (Wildman–Crippen MR) is 113 cm³/mol. The lowest BCUT2D eigenvalue weighted by Crippen LogP contribution is -2.15. The topological polar surface area (TPSA) is 81.7 Å². The Morgan fingerprint density at radius 1 is 0.903 bits per heavy atom. The van der Waals surface area contributed by atoms with E-state index in [1.54, 1.807) is 54.6 Å². The normalized spacial score (nSPS) is 10.3. The lowest BCUT2D eigenvalue weighted by molar-refractivity contribution is -0.114. The molecule has 0 spiro atoms. The van der Waals surface area contributed by atoms with Crippen LogP contribution < -0.4 is 10.1 Å². The zero-order valence-corrected chi connectivity index (χ0v) is 16.8. The second-order valence-corrected chi connectivity index (χ2v) is 6.67. The molecule has 0 aromatic heterocycles. The number of esters is 1. The molecular formula is C24H20FNO5. The first kappa shape index (κ1) is 21.7. The van der Waals surface area contributed by atoms with Gasteiger partial charge in [-0.1, -0.05) is 24.3 Å². The van der Waals surface area contributed by atoms with Crippen LogP contribution >= 0.6 is 0 Å². The molecule has 6 nitrogen and oxygen atoms in total. The van der Waals surface area contributed by atoms with E-state index in [9.17, 15) is 18.8 Å². The van der Waals surface area contributed by atoms with Crippen molar-refractivity contribution in [3.63, 3.8) is 0 Å². The zero-order chi connectivity index (χ0) is 22.2. The predicted octanol–water partition coefficient (Wildman–Crippen LogP) is 4.40. The van der Waals surface area contributed by atoms with Crippen molar-refractivity contribution in [2.24, 2.45) is 0 Å². The van der Waals surface area contributed by atoms with Crippen LogP contribution in [-0.4, -0.2) is 24.3 Å². The number of ketones is 1. The molecule has 1 amide bonds. The summed E-state index contributed by atoms with van der Waals surface area (Å²) in [6.07, 6.45) is 0. The molecule has 3 rings (SSSR count). The fraction of sp³-hybridized carbons (Fsp3) is 0.125. The fourth-order valence-electron chi connectivity index (χ4n) is 2.74. The zero-order valence-electron chi connectivity index (χ0n) is 16.8. The maximum atomic E-state index is 13.0. The molecule has 1 N–H and O–H groups in total. The highest BCUT2D eigenvalue weighted by Crippen LogP contribution is 2.21. The van der Waals surface area contributed by atoms with Crippen LogP contribution in [0.5, 0.6) is 5.75 Å². The van der Waals surface area contributed by atoms with Crippen molar-refractivity contribution in [1.82, 2.24) is 0 Å². The van der Waals surface area contributed by atoms with Gasteiger partial charge in [0.15, 0.2) is 12.4 Å². The SMILES string of the molecule is CC(=O)Nc1ccc(C(=O)COC(=O)c2ccccc2OCc2ccc(F)cc2)cc1. The molecule has 0 saturated carbocycles. The molecule has 0 saturated heterocycles. The van der Waals surface area contributed by atoms with Gasteiger partial charge in [0.1, 0.15) is 23.7 Å². The van der Waals surface area contributed by atoms with Crippen LogP contribution in [0.4, 0.5) is 10.1 Å². The fourth-order valence-corrected chi connectivity index (χ4v) is 2.74. The number of para-hydroxylation sites is 1. The lowest BCUT2D eigenvalue weighted by atomic mass is 10.1. The summed E-state index contributed by atoms with van der Waals surface area (Å²) in [5, 5.41) is 2.61. The van der Waals surface area contributed by atoms with Crippen molar-refractivity contribution < 1.29 is 28.2 Å². The summed E-state index contributed by atoms with van der Waals surface area (Å²) >= 11 is 0. The Balaban J connectivity index is 1.59. The number of ether oxygens (including phenoxy) is 2. The first-order valence-corrected chi connectivity index (χ1v) is 9.46. The summed E-state index contributed by atoms with van der Waals surface area (Å²) in [6, 6.07) is 18.6. The summed E-state index contributed by atoms with van der Waals surface area (Å²) in [5.41, 5.74) is 1.83. The van der Waals surface area contributed by atoms with E-state index in [4.69, 9.17) is 9.47 Å². The minimum atomic E-state index is -0.696. The Hall–Kier alpha value is -4.00. The van der Waals surface area contributed by atoms with Gasteiger partial charge in [-0.15, -0.1) is 0 Å². The molecule has 0 aliphatic rings. The van der Waals surface area contributed by atoms with Crippen LogP contribution in [0.3, 0.4) is 0 Å². The number of halogens is 1. The second-order valence-electron chi connectivity index (χ2n) is 6.67. The van der Waals surface area contributed by atoms with E-state index in [0.29, 0.717) is 17.0 Å². The van der Waals surface area contributed by atoms with Gasteiger partial charge in [0.2, 0.25) is 5.91 Å². The van der Waals surface area contributed by atoms with Gasteiger partial charge in [0.05, 0.1) is 0 Å². The maximum Gasteiger partial charge on any atom is 0.342 e. The molecule has 0 aliphatic carbocycles. The van der Waals surface area contributed by atoms with E-state index < -0.39 is 12.6 Å². The quantitative estimate of drug-likeness (QED) is 0.431. The third-order valence-electron chi connectivity index (χ3n) is 4.28. The average molecular weight is 421 g/mol. The molecule has 0 unspecified atom stereocenters. The van der Waals surface area contributed by atoms with Crippen LogP contribution in [-0.2, 0) is 16.1 Å². The van der Waals surface area contributed by atoms with Crippen molar-refractivity contribution in [2.45, 2.75) is 13.5 Å². The second kappa shape index (κ2) is 10.2. The van der Waals surface area contributed by atoms with Gasteiger partial charge in [0, 0.05) is 18.2 Å². The van der Waals surface area contributed by atoms with Gasteiger partial charge >= 0.3 is 5.97 Å². The molecule has 158 valence electrons. The standard InChI is InChI=1S/C24H20FNO5/c1-16(27)26-20-12-8-18(9-13-20)22(28)15-31-24(29)21-4-2-3-5-23(21)30-14-17-6-10-19(25)11-7-17/h2-13H,14-15H2,1H3,(H,26,27). The number of benzene rings is 3. The summed E-state index contributed by atoms with van der Waals surface area (Å²) in [5.74, 6) is -1.34. The number of carbonyl (C=O) groups excluding carboxylic acids is 3. The van der Waals surface area contributed by atoms with Crippen LogP contribution in [0.2, 0.25) is 0 Å². The maximum absolute atomic E-state index is 13.0. The van der Waals surface area contributed by atoms with Crippen LogP contribution in [0, 0.1) is 5.82 Å². The molecule has 0 atom stereocenters. The molecule has 0 bridgehead atoms. The van der Waals surface area contributed by atoms with E-state index in [1.165, 1.54) is 25.1 Å². The van der Waals surface area contributed by atoms with E-state index in [2.05, 4.69) is 5.32 Å². The Labute approximate surface area is 178 Å². The van der Waals surface area contributed by atoms with Crippen LogP contribution in [0.25, 0.3) is 0 Å². The molecule has 0 fully saturated rings. The smallest absolute Gasteiger partial charge is 0.342 e. The molecule has 0 heterocycles. The Kier molecular flexibility index (Phi) is 7.11. The van der Waals surface area contributed by atoms with Crippen LogP contribution in [0.15, 0.2) is 72.8 Å². The van der Waals surface area contributed by atoms with Gasteiger partial charge in [-0.25, -0.2) is 9.18 Å². The number of hydrogen-bond acceptors (Lipinski definition) is 5. The number of rotatable bonds is 8.